The molecule has 1 aliphatic rings. The molecule has 9 heteroatoms. The molecule has 3 aromatic heterocycles. The van der Waals surface area contributed by atoms with Gasteiger partial charge in [0.1, 0.15) is 5.82 Å². The maximum atomic E-state index is 12.6. The van der Waals surface area contributed by atoms with Crippen LogP contribution in [0, 0.1) is 0 Å². The van der Waals surface area contributed by atoms with Gasteiger partial charge in [0.05, 0.1) is 6.20 Å². The Kier molecular flexibility index (Phi) is 4.21. The Morgan fingerprint density at radius 3 is 2.92 bits per heavy atom. The lowest BCUT2D eigenvalue weighted by Gasteiger charge is -2.21. The summed E-state index contributed by atoms with van der Waals surface area (Å²) in [5.41, 5.74) is 0.984. The Hall–Kier alpha value is -3.07. The molecule has 134 valence electrons. The first-order valence-electron chi connectivity index (χ1n) is 8.47. The van der Waals surface area contributed by atoms with E-state index in [0.29, 0.717) is 23.2 Å². The summed E-state index contributed by atoms with van der Waals surface area (Å²) in [4.78, 5) is 21.3. The van der Waals surface area contributed by atoms with Crippen LogP contribution in [0.2, 0.25) is 0 Å². The quantitative estimate of drug-likeness (QED) is 0.746. The summed E-state index contributed by atoms with van der Waals surface area (Å²) in [5.74, 6) is 0.903. The molecule has 1 amide bonds. The molecule has 1 saturated heterocycles. The minimum atomic E-state index is -0.324. The van der Waals surface area contributed by atoms with E-state index in [-0.39, 0.29) is 5.91 Å². The Balaban J connectivity index is 1.60. The molecule has 1 fully saturated rings. The molecule has 0 radical (unpaired) electrons. The summed E-state index contributed by atoms with van der Waals surface area (Å²) < 4.78 is 1.57. The smallest absolute Gasteiger partial charge is 0.277 e. The van der Waals surface area contributed by atoms with Gasteiger partial charge in [0.2, 0.25) is 0 Å². The lowest BCUT2D eigenvalue weighted by atomic mass is 10.2. The number of carbonyl (C=O) groups excluding carboxylic acids is 1. The van der Waals surface area contributed by atoms with Crippen LogP contribution < -0.4 is 10.2 Å². The third kappa shape index (κ3) is 3.08. The Bertz CT molecular complexity index is 923. The van der Waals surface area contributed by atoms with Gasteiger partial charge in [0, 0.05) is 25.3 Å². The van der Waals surface area contributed by atoms with Crippen molar-refractivity contribution in [2.75, 3.05) is 37.4 Å². The van der Waals surface area contributed by atoms with E-state index in [1.165, 1.54) is 6.20 Å². The third-order valence-electron chi connectivity index (χ3n) is 4.61. The van der Waals surface area contributed by atoms with Gasteiger partial charge in [-0.1, -0.05) is 0 Å². The highest BCUT2D eigenvalue weighted by atomic mass is 16.2. The number of likely N-dealkylation sites (N-methyl/N-ethyl adjacent to an activating group) is 1. The van der Waals surface area contributed by atoms with Gasteiger partial charge in [-0.3, -0.25) is 4.79 Å². The fourth-order valence-corrected chi connectivity index (χ4v) is 3.11. The highest BCUT2D eigenvalue weighted by molar-refractivity contribution is 6.02. The molecule has 1 N–H and O–H groups in total. The molecule has 0 bridgehead atoms. The minimum Gasteiger partial charge on any atom is -0.354 e. The van der Waals surface area contributed by atoms with Crippen molar-refractivity contribution in [2.24, 2.45) is 0 Å². The van der Waals surface area contributed by atoms with Crippen LogP contribution in [-0.4, -0.2) is 68.8 Å². The summed E-state index contributed by atoms with van der Waals surface area (Å²) in [5, 5.41) is 15.0. The maximum Gasteiger partial charge on any atom is 0.277 e. The monoisotopic (exact) mass is 352 g/mol. The van der Waals surface area contributed by atoms with Crippen molar-refractivity contribution in [1.29, 1.82) is 0 Å². The van der Waals surface area contributed by atoms with Crippen molar-refractivity contribution in [3.05, 3.63) is 42.4 Å². The van der Waals surface area contributed by atoms with Crippen molar-refractivity contribution in [1.82, 2.24) is 29.7 Å². The maximum absolute atomic E-state index is 12.6. The number of imidazole rings is 1. The van der Waals surface area contributed by atoms with Crippen LogP contribution in [0.3, 0.4) is 0 Å². The normalized spacial score (nSPS) is 17.2. The molecule has 4 rings (SSSR count). The van der Waals surface area contributed by atoms with Crippen LogP contribution in [0.5, 0.6) is 0 Å². The topological polar surface area (TPSA) is 91.5 Å². The van der Waals surface area contributed by atoms with Crippen molar-refractivity contribution in [3.63, 3.8) is 0 Å². The van der Waals surface area contributed by atoms with Crippen LogP contribution in [0.25, 0.3) is 5.65 Å². The first-order valence-corrected chi connectivity index (χ1v) is 8.47. The second kappa shape index (κ2) is 6.68. The van der Waals surface area contributed by atoms with Gasteiger partial charge in [0.15, 0.2) is 17.2 Å². The molecule has 1 aliphatic heterocycles. The second-order valence-electron chi connectivity index (χ2n) is 6.52. The molecule has 0 saturated carbocycles. The van der Waals surface area contributed by atoms with E-state index in [0.717, 1.165) is 25.3 Å². The Labute approximate surface area is 150 Å². The average Bonchev–Trinajstić information content (AvgIpc) is 3.29. The number of nitrogens with zero attached hydrogens (tertiary/aromatic N) is 7. The molecule has 0 aromatic carbocycles. The lowest BCUT2D eigenvalue weighted by Crippen LogP contribution is -2.32. The number of aromatic nitrogens is 5. The zero-order valence-corrected chi connectivity index (χ0v) is 14.7. The summed E-state index contributed by atoms with van der Waals surface area (Å²) in [6.07, 6.45) is 4.16. The number of nitrogens with one attached hydrogen (secondary N) is 1. The standard InChI is InChI=1S/C17H20N8O/c1-23(2)12-7-9-24(11-12)16-6-5-15-18-10-13(25(15)22-16)17(26)20-14-4-3-8-19-21-14/h3-6,8,10,12H,7,9,11H2,1-2H3,(H,20,21,26)/t12-/m0/s1. The molecular weight excluding hydrogens is 332 g/mol. The zero-order valence-electron chi connectivity index (χ0n) is 14.7. The minimum absolute atomic E-state index is 0.324. The van der Waals surface area contributed by atoms with Crippen molar-refractivity contribution in [3.8, 4) is 0 Å². The number of hydrogen-bond donors (Lipinski definition) is 1. The first-order chi connectivity index (χ1) is 12.6. The van der Waals surface area contributed by atoms with Crippen molar-refractivity contribution < 1.29 is 4.79 Å². The molecule has 0 aliphatic carbocycles. The summed E-state index contributed by atoms with van der Waals surface area (Å²) in [6.45, 7) is 1.86. The Morgan fingerprint density at radius 1 is 1.31 bits per heavy atom. The van der Waals surface area contributed by atoms with E-state index in [9.17, 15) is 4.79 Å². The Morgan fingerprint density at radius 2 is 2.19 bits per heavy atom. The summed E-state index contributed by atoms with van der Waals surface area (Å²) >= 11 is 0. The first kappa shape index (κ1) is 16.4. The van der Waals surface area contributed by atoms with E-state index in [1.54, 1.807) is 22.8 Å². The fraction of sp³-hybridized carbons (Fsp3) is 0.353. The molecule has 4 heterocycles. The average molecular weight is 352 g/mol. The largest absolute Gasteiger partial charge is 0.354 e. The van der Waals surface area contributed by atoms with Crippen LogP contribution in [0.4, 0.5) is 11.6 Å². The van der Waals surface area contributed by atoms with E-state index in [1.807, 2.05) is 12.1 Å². The van der Waals surface area contributed by atoms with E-state index in [2.05, 4.69) is 49.5 Å². The molecule has 9 nitrogen and oxygen atoms in total. The third-order valence-corrected chi connectivity index (χ3v) is 4.61. The van der Waals surface area contributed by atoms with Gasteiger partial charge >= 0.3 is 0 Å². The van der Waals surface area contributed by atoms with E-state index >= 15 is 0 Å². The molecule has 0 spiro atoms. The van der Waals surface area contributed by atoms with Crippen LogP contribution in [-0.2, 0) is 0 Å². The van der Waals surface area contributed by atoms with Crippen LogP contribution in [0.1, 0.15) is 16.9 Å². The number of amides is 1. The number of hydrogen-bond acceptors (Lipinski definition) is 7. The van der Waals surface area contributed by atoms with Gasteiger partial charge < -0.3 is 15.1 Å². The fourth-order valence-electron chi connectivity index (χ4n) is 3.11. The molecule has 1 atom stereocenters. The number of anilines is 2. The van der Waals surface area contributed by atoms with Crippen LogP contribution in [0.15, 0.2) is 36.7 Å². The molecular formula is C17H20N8O. The second-order valence-corrected chi connectivity index (χ2v) is 6.52. The summed E-state index contributed by atoms with van der Waals surface area (Å²) in [7, 11) is 4.19. The predicted molar refractivity (Wildman–Crippen MR) is 97.3 cm³/mol. The van der Waals surface area contributed by atoms with E-state index < -0.39 is 0 Å². The summed E-state index contributed by atoms with van der Waals surface area (Å²) in [6, 6.07) is 7.73. The highest BCUT2D eigenvalue weighted by Crippen LogP contribution is 2.21. The number of carbonyl (C=O) groups is 1. The van der Waals surface area contributed by atoms with Gasteiger partial charge in [0.25, 0.3) is 5.91 Å². The van der Waals surface area contributed by atoms with Crippen LogP contribution >= 0.6 is 0 Å². The zero-order chi connectivity index (χ0) is 18.1. The molecule has 0 unspecified atom stereocenters. The lowest BCUT2D eigenvalue weighted by molar-refractivity contribution is 0.102. The highest BCUT2D eigenvalue weighted by Gasteiger charge is 2.25. The van der Waals surface area contributed by atoms with Gasteiger partial charge in [-0.15, -0.1) is 10.2 Å². The van der Waals surface area contributed by atoms with Crippen molar-refractivity contribution >= 4 is 23.2 Å². The number of rotatable bonds is 4. The van der Waals surface area contributed by atoms with E-state index in [4.69, 9.17) is 0 Å². The SMILES string of the molecule is CN(C)[C@H]1CCN(c2ccc3ncc(C(=O)Nc4cccnn4)n3n2)C1. The van der Waals surface area contributed by atoms with Crippen molar-refractivity contribution in [2.45, 2.75) is 12.5 Å². The van der Waals surface area contributed by atoms with Gasteiger partial charge in [-0.2, -0.15) is 5.10 Å². The number of fused-ring (bicyclic) bond motifs is 1. The predicted octanol–water partition coefficient (Wildman–Crippen LogP) is 0.912. The van der Waals surface area contributed by atoms with Gasteiger partial charge in [-0.05, 0) is 44.8 Å². The molecule has 26 heavy (non-hydrogen) atoms. The molecule has 3 aromatic rings. The van der Waals surface area contributed by atoms with Gasteiger partial charge in [-0.25, -0.2) is 9.50 Å².